The number of rotatable bonds is 8. The molecule has 0 amide bonds. The molecule has 0 atom stereocenters. The SMILES string of the molecule is CCOC(=O)C1CCN(c2nc(Nc3cc(S(=O)(=O)CC)ccc3O)ccc2[N+](=O)[O-])CC1. The van der Waals surface area contributed by atoms with Gasteiger partial charge in [-0.1, -0.05) is 6.92 Å². The highest BCUT2D eigenvalue weighted by Crippen LogP contribution is 2.34. The number of carbonyl (C=O) groups excluding carboxylic acids is 1. The minimum Gasteiger partial charge on any atom is -0.506 e. The molecule has 1 aliphatic heterocycles. The molecule has 0 bridgehead atoms. The lowest BCUT2D eigenvalue weighted by atomic mass is 9.97. The van der Waals surface area contributed by atoms with Gasteiger partial charge in [-0.25, -0.2) is 13.4 Å². The third kappa shape index (κ3) is 5.51. The summed E-state index contributed by atoms with van der Waals surface area (Å²) in [4.78, 5) is 29.2. The van der Waals surface area contributed by atoms with Crippen LogP contribution in [0.25, 0.3) is 0 Å². The van der Waals surface area contributed by atoms with Crippen molar-refractivity contribution >= 4 is 38.8 Å². The number of anilines is 3. The van der Waals surface area contributed by atoms with Gasteiger partial charge in [0.2, 0.25) is 5.82 Å². The van der Waals surface area contributed by atoms with Crippen molar-refractivity contribution in [2.24, 2.45) is 5.92 Å². The van der Waals surface area contributed by atoms with Crippen LogP contribution in [0.2, 0.25) is 0 Å². The first-order valence-electron chi connectivity index (χ1n) is 10.6. The average molecular weight is 479 g/mol. The van der Waals surface area contributed by atoms with Crippen LogP contribution < -0.4 is 10.2 Å². The van der Waals surface area contributed by atoms with Crippen LogP contribution in [0.1, 0.15) is 26.7 Å². The van der Waals surface area contributed by atoms with E-state index in [2.05, 4.69) is 10.3 Å². The van der Waals surface area contributed by atoms with Crippen LogP contribution in [-0.2, 0) is 19.4 Å². The number of aromatic nitrogens is 1. The quantitative estimate of drug-likeness (QED) is 0.251. The molecule has 0 spiro atoms. The zero-order valence-corrected chi connectivity index (χ0v) is 19.2. The molecule has 1 fully saturated rings. The Balaban J connectivity index is 1.87. The van der Waals surface area contributed by atoms with Crippen molar-refractivity contribution in [2.75, 3.05) is 35.7 Å². The molecule has 33 heavy (non-hydrogen) atoms. The van der Waals surface area contributed by atoms with E-state index in [-0.39, 0.29) is 51.3 Å². The summed E-state index contributed by atoms with van der Waals surface area (Å²) in [6.07, 6.45) is 0.958. The first-order chi connectivity index (χ1) is 15.7. The highest BCUT2D eigenvalue weighted by molar-refractivity contribution is 7.91. The molecule has 1 saturated heterocycles. The third-order valence-electron chi connectivity index (χ3n) is 5.44. The second-order valence-electron chi connectivity index (χ2n) is 7.52. The van der Waals surface area contributed by atoms with Gasteiger partial charge in [0, 0.05) is 19.2 Å². The van der Waals surface area contributed by atoms with Gasteiger partial charge in [0.1, 0.15) is 11.6 Å². The van der Waals surface area contributed by atoms with Crippen LogP contribution in [0.15, 0.2) is 35.2 Å². The van der Waals surface area contributed by atoms with Crippen molar-refractivity contribution in [3.8, 4) is 5.75 Å². The van der Waals surface area contributed by atoms with Crippen LogP contribution in [-0.4, -0.2) is 54.9 Å². The number of ether oxygens (including phenoxy) is 1. The number of aromatic hydroxyl groups is 1. The highest BCUT2D eigenvalue weighted by Gasteiger charge is 2.30. The molecule has 0 saturated carbocycles. The number of esters is 1. The Morgan fingerprint density at radius 2 is 1.97 bits per heavy atom. The van der Waals surface area contributed by atoms with Crippen LogP contribution >= 0.6 is 0 Å². The predicted molar refractivity (Wildman–Crippen MR) is 122 cm³/mol. The number of nitrogens with zero attached hydrogens (tertiary/aromatic N) is 3. The smallest absolute Gasteiger partial charge is 0.311 e. The second-order valence-corrected chi connectivity index (χ2v) is 9.80. The number of hydrogen-bond acceptors (Lipinski definition) is 10. The number of phenolic OH excluding ortho intramolecular Hbond substituents is 1. The normalized spacial score (nSPS) is 14.7. The summed E-state index contributed by atoms with van der Waals surface area (Å²) in [5, 5.41) is 24.6. The number of pyridine rings is 1. The van der Waals surface area contributed by atoms with Crippen LogP contribution in [0.3, 0.4) is 0 Å². The second kappa shape index (κ2) is 10.0. The fourth-order valence-corrected chi connectivity index (χ4v) is 4.49. The zero-order valence-electron chi connectivity index (χ0n) is 18.4. The molecular weight excluding hydrogens is 452 g/mol. The summed E-state index contributed by atoms with van der Waals surface area (Å²) in [7, 11) is -3.50. The third-order valence-corrected chi connectivity index (χ3v) is 7.17. The topological polar surface area (TPSA) is 152 Å². The molecular formula is C21H26N4O7S. The van der Waals surface area contributed by atoms with Crippen molar-refractivity contribution in [3.63, 3.8) is 0 Å². The van der Waals surface area contributed by atoms with E-state index in [1.807, 2.05) is 0 Å². The van der Waals surface area contributed by atoms with Gasteiger partial charge in [-0.15, -0.1) is 0 Å². The summed E-state index contributed by atoms with van der Waals surface area (Å²) in [6, 6.07) is 6.54. The van der Waals surface area contributed by atoms with Crippen molar-refractivity contribution in [1.82, 2.24) is 4.98 Å². The molecule has 2 N–H and O–H groups in total. The molecule has 2 heterocycles. The van der Waals surface area contributed by atoms with E-state index in [4.69, 9.17) is 4.74 Å². The predicted octanol–water partition coefficient (Wildman–Crippen LogP) is 3.01. The van der Waals surface area contributed by atoms with E-state index in [9.17, 15) is 28.4 Å². The molecule has 0 radical (unpaired) electrons. The summed E-state index contributed by atoms with van der Waals surface area (Å²) < 4.78 is 29.4. The minimum atomic E-state index is -3.50. The standard InChI is InChI=1S/C21H26N4O7S/c1-3-32-21(27)14-9-11-24(12-10-14)20-17(25(28)29)6-8-19(23-20)22-16-13-15(5-7-18(16)26)33(30,31)4-2/h5-8,13-14,26H,3-4,9-12H2,1-2H3,(H,22,23). The Labute approximate surface area is 191 Å². The van der Waals surface area contributed by atoms with Gasteiger partial charge >= 0.3 is 11.7 Å². The molecule has 2 aromatic rings. The van der Waals surface area contributed by atoms with Crippen LogP contribution in [0.5, 0.6) is 5.75 Å². The van der Waals surface area contributed by atoms with Gasteiger partial charge in [-0.2, -0.15) is 0 Å². The molecule has 0 aliphatic carbocycles. The number of sulfone groups is 1. The Morgan fingerprint density at radius 1 is 1.27 bits per heavy atom. The number of carbonyl (C=O) groups is 1. The fourth-order valence-electron chi connectivity index (χ4n) is 3.59. The molecule has 12 heteroatoms. The van der Waals surface area contributed by atoms with E-state index in [1.165, 1.54) is 37.3 Å². The summed E-state index contributed by atoms with van der Waals surface area (Å²) in [6.45, 7) is 4.33. The van der Waals surface area contributed by atoms with E-state index >= 15 is 0 Å². The van der Waals surface area contributed by atoms with Crippen LogP contribution in [0, 0.1) is 16.0 Å². The van der Waals surface area contributed by atoms with E-state index in [0.717, 1.165) is 0 Å². The summed E-state index contributed by atoms with van der Waals surface area (Å²) in [5.74, 6) is -0.497. The van der Waals surface area contributed by atoms with Gasteiger partial charge in [-0.05, 0) is 44.0 Å². The minimum absolute atomic E-state index is 0.0356. The van der Waals surface area contributed by atoms with Gasteiger partial charge in [0.15, 0.2) is 9.84 Å². The first-order valence-corrected chi connectivity index (χ1v) is 12.2. The molecule has 1 aromatic carbocycles. The Morgan fingerprint density at radius 3 is 2.58 bits per heavy atom. The highest BCUT2D eigenvalue weighted by atomic mass is 32.2. The molecule has 11 nitrogen and oxygen atoms in total. The molecule has 1 aliphatic rings. The number of nitro groups is 1. The average Bonchev–Trinajstić information content (AvgIpc) is 2.80. The number of piperidine rings is 1. The fraction of sp³-hybridized carbons (Fsp3) is 0.429. The van der Waals surface area contributed by atoms with E-state index in [0.29, 0.717) is 32.5 Å². The number of phenols is 1. The lowest BCUT2D eigenvalue weighted by Crippen LogP contribution is -2.37. The van der Waals surface area contributed by atoms with Crippen molar-refractivity contribution in [1.29, 1.82) is 0 Å². The number of benzene rings is 1. The largest absolute Gasteiger partial charge is 0.506 e. The Hall–Kier alpha value is -3.41. The van der Waals surface area contributed by atoms with Crippen molar-refractivity contribution in [2.45, 2.75) is 31.6 Å². The number of hydrogen-bond donors (Lipinski definition) is 2. The Kier molecular flexibility index (Phi) is 7.36. The number of nitrogens with one attached hydrogen (secondary N) is 1. The van der Waals surface area contributed by atoms with Crippen LogP contribution in [0.4, 0.5) is 23.0 Å². The lowest BCUT2D eigenvalue weighted by molar-refractivity contribution is -0.384. The van der Waals surface area contributed by atoms with Crippen molar-refractivity contribution in [3.05, 3.63) is 40.4 Å². The maximum atomic E-state index is 12.2. The van der Waals surface area contributed by atoms with Crippen molar-refractivity contribution < 1.29 is 28.0 Å². The molecule has 0 unspecified atom stereocenters. The zero-order chi connectivity index (χ0) is 24.2. The van der Waals surface area contributed by atoms with Gasteiger partial charge in [0.05, 0.1) is 33.8 Å². The van der Waals surface area contributed by atoms with Gasteiger partial charge < -0.3 is 20.1 Å². The van der Waals surface area contributed by atoms with E-state index < -0.39 is 14.8 Å². The molecule has 1 aromatic heterocycles. The maximum absolute atomic E-state index is 12.2. The van der Waals surface area contributed by atoms with Gasteiger partial charge in [-0.3, -0.25) is 14.9 Å². The molecule has 3 rings (SSSR count). The molecule has 178 valence electrons. The maximum Gasteiger partial charge on any atom is 0.311 e. The summed E-state index contributed by atoms with van der Waals surface area (Å²) >= 11 is 0. The monoisotopic (exact) mass is 478 g/mol. The lowest BCUT2D eigenvalue weighted by Gasteiger charge is -2.31. The first kappa shape index (κ1) is 24.2. The Bertz CT molecular complexity index is 1150. The van der Waals surface area contributed by atoms with E-state index in [1.54, 1.807) is 11.8 Å². The summed E-state index contributed by atoms with van der Waals surface area (Å²) in [5.41, 5.74) is -0.0838. The van der Waals surface area contributed by atoms with Gasteiger partial charge in [0.25, 0.3) is 0 Å².